The van der Waals surface area contributed by atoms with E-state index in [2.05, 4.69) is 26.1 Å². The fraction of sp³-hybridized carbons (Fsp3) is 0.882. The lowest BCUT2D eigenvalue weighted by Gasteiger charge is -2.38. The summed E-state index contributed by atoms with van der Waals surface area (Å²) in [7, 11) is 0. The van der Waals surface area contributed by atoms with E-state index in [0.717, 1.165) is 25.2 Å². The molecule has 0 radical (unpaired) electrons. The summed E-state index contributed by atoms with van der Waals surface area (Å²) in [5, 5.41) is 2.94. The largest absolute Gasteiger partial charge is 0.344 e. The van der Waals surface area contributed by atoms with Gasteiger partial charge in [-0.25, -0.2) is 0 Å². The number of hydrogen-bond acceptors (Lipinski definition) is 2. The van der Waals surface area contributed by atoms with E-state index in [4.69, 9.17) is 0 Å². The van der Waals surface area contributed by atoms with Crippen molar-refractivity contribution in [3.63, 3.8) is 0 Å². The van der Waals surface area contributed by atoms with E-state index in [1.54, 1.807) is 0 Å². The van der Waals surface area contributed by atoms with Gasteiger partial charge >= 0.3 is 0 Å². The molecule has 0 aromatic carbocycles. The van der Waals surface area contributed by atoms with Crippen LogP contribution >= 0.6 is 0 Å². The van der Waals surface area contributed by atoms with Gasteiger partial charge in [0, 0.05) is 19.0 Å². The summed E-state index contributed by atoms with van der Waals surface area (Å²) in [6, 6.07) is 0.0162. The first-order chi connectivity index (χ1) is 10.1. The molecule has 0 aromatic rings. The fourth-order valence-electron chi connectivity index (χ4n) is 3.72. The van der Waals surface area contributed by atoms with Gasteiger partial charge in [0.05, 0.1) is 0 Å². The average molecular weight is 294 g/mol. The number of rotatable bonds is 4. The van der Waals surface area contributed by atoms with E-state index in [1.807, 2.05) is 4.90 Å². The number of carbonyl (C=O) groups excluding carboxylic acids is 2. The van der Waals surface area contributed by atoms with Gasteiger partial charge in [-0.2, -0.15) is 0 Å². The minimum absolute atomic E-state index is 0.0269. The zero-order valence-electron chi connectivity index (χ0n) is 13.7. The molecule has 2 amide bonds. The first-order valence-corrected chi connectivity index (χ1v) is 8.66. The summed E-state index contributed by atoms with van der Waals surface area (Å²) in [5.41, 5.74) is 0. The number of nitrogens with zero attached hydrogens (tertiary/aromatic N) is 1. The molecule has 120 valence electrons. The standard InChI is InChI=1S/C17H30N2O2/c1-4-12(3)16-17(21)19(10-9-15(20)18-16)14-8-6-7-13(5-2)11-14/h12-14,16H,4-11H2,1-3H3,(H,18,20). The highest BCUT2D eigenvalue weighted by Gasteiger charge is 2.37. The quantitative estimate of drug-likeness (QED) is 0.866. The lowest BCUT2D eigenvalue weighted by molar-refractivity contribution is -0.137. The summed E-state index contributed by atoms with van der Waals surface area (Å²) in [6.45, 7) is 6.97. The lowest BCUT2D eigenvalue weighted by Crippen LogP contribution is -2.52. The molecule has 4 unspecified atom stereocenters. The highest BCUT2D eigenvalue weighted by atomic mass is 16.2. The van der Waals surface area contributed by atoms with Crippen molar-refractivity contribution in [2.45, 2.75) is 77.8 Å². The zero-order chi connectivity index (χ0) is 15.4. The second-order valence-electron chi connectivity index (χ2n) is 6.81. The van der Waals surface area contributed by atoms with Crippen molar-refractivity contribution in [2.24, 2.45) is 11.8 Å². The van der Waals surface area contributed by atoms with Crippen LogP contribution in [0.3, 0.4) is 0 Å². The third kappa shape index (κ3) is 3.78. The van der Waals surface area contributed by atoms with Crippen molar-refractivity contribution < 1.29 is 9.59 Å². The molecular weight excluding hydrogens is 264 g/mol. The van der Waals surface area contributed by atoms with Gasteiger partial charge in [-0.05, 0) is 24.7 Å². The van der Waals surface area contributed by atoms with Crippen molar-refractivity contribution >= 4 is 11.8 Å². The zero-order valence-corrected chi connectivity index (χ0v) is 13.7. The van der Waals surface area contributed by atoms with Crippen molar-refractivity contribution in [2.75, 3.05) is 6.54 Å². The van der Waals surface area contributed by atoms with Gasteiger partial charge in [-0.3, -0.25) is 9.59 Å². The summed E-state index contributed by atoms with van der Waals surface area (Å²) in [5.74, 6) is 1.12. The monoisotopic (exact) mass is 294 g/mol. The third-order valence-corrected chi connectivity index (χ3v) is 5.43. The van der Waals surface area contributed by atoms with E-state index in [0.29, 0.717) is 19.0 Å². The Kier molecular flexibility index (Phi) is 5.65. The third-order valence-electron chi connectivity index (χ3n) is 5.43. The second-order valence-corrected chi connectivity index (χ2v) is 6.81. The summed E-state index contributed by atoms with van der Waals surface area (Å²) in [6.07, 6.45) is 7.28. The Labute approximate surface area is 128 Å². The molecule has 0 spiro atoms. The first kappa shape index (κ1) is 16.3. The van der Waals surface area contributed by atoms with Gasteiger partial charge in [0.2, 0.25) is 11.8 Å². The van der Waals surface area contributed by atoms with Gasteiger partial charge in [0.15, 0.2) is 0 Å². The summed E-state index contributed by atoms with van der Waals surface area (Å²) in [4.78, 5) is 26.8. The number of hydrogen-bond donors (Lipinski definition) is 1. The van der Waals surface area contributed by atoms with Crippen molar-refractivity contribution in [3.05, 3.63) is 0 Å². The Bertz CT molecular complexity index is 383. The Morgan fingerprint density at radius 2 is 2.05 bits per heavy atom. The maximum Gasteiger partial charge on any atom is 0.245 e. The van der Waals surface area contributed by atoms with E-state index in [9.17, 15) is 9.59 Å². The number of amides is 2. The van der Waals surface area contributed by atoms with Crippen LogP contribution in [0.15, 0.2) is 0 Å². The molecule has 4 nitrogen and oxygen atoms in total. The van der Waals surface area contributed by atoms with Crippen LogP contribution in [0.1, 0.15) is 65.7 Å². The van der Waals surface area contributed by atoms with Gasteiger partial charge in [0.25, 0.3) is 0 Å². The minimum atomic E-state index is -0.327. The maximum absolute atomic E-state index is 12.9. The Balaban J connectivity index is 2.13. The van der Waals surface area contributed by atoms with Gasteiger partial charge in [-0.1, -0.05) is 46.5 Å². The normalized spacial score (nSPS) is 32.5. The van der Waals surface area contributed by atoms with E-state index >= 15 is 0 Å². The van der Waals surface area contributed by atoms with Gasteiger partial charge < -0.3 is 10.2 Å². The topological polar surface area (TPSA) is 49.4 Å². The molecular formula is C17H30N2O2. The Morgan fingerprint density at radius 1 is 1.29 bits per heavy atom. The van der Waals surface area contributed by atoms with Gasteiger partial charge in [0.1, 0.15) is 6.04 Å². The molecule has 1 heterocycles. The van der Waals surface area contributed by atoms with Gasteiger partial charge in [-0.15, -0.1) is 0 Å². The molecule has 1 saturated carbocycles. The Hall–Kier alpha value is -1.06. The van der Waals surface area contributed by atoms with Crippen LogP contribution in [-0.2, 0) is 9.59 Å². The SMILES string of the molecule is CCC1CCCC(N2CCC(=O)NC(C(C)CC)C2=O)C1. The molecule has 21 heavy (non-hydrogen) atoms. The predicted molar refractivity (Wildman–Crippen MR) is 83.8 cm³/mol. The minimum Gasteiger partial charge on any atom is -0.344 e. The highest BCUT2D eigenvalue weighted by molar-refractivity contribution is 5.90. The molecule has 1 aliphatic heterocycles. The molecule has 2 rings (SSSR count). The van der Waals surface area contributed by atoms with Crippen LogP contribution in [0.4, 0.5) is 0 Å². The molecule has 2 fully saturated rings. The average Bonchev–Trinajstić information content (AvgIpc) is 2.66. The first-order valence-electron chi connectivity index (χ1n) is 8.66. The highest BCUT2D eigenvalue weighted by Crippen LogP contribution is 2.31. The van der Waals surface area contributed by atoms with Crippen molar-refractivity contribution in [1.82, 2.24) is 10.2 Å². The second kappa shape index (κ2) is 7.28. The number of carbonyl (C=O) groups is 2. The maximum atomic E-state index is 12.9. The van der Waals surface area contributed by atoms with Crippen LogP contribution in [0, 0.1) is 11.8 Å². The Morgan fingerprint density at radius 3 is 2.71 bits per heavy atom. The number of nitrogens with one attached hydrogen (secondary N) is 1. The molecule has 1 aliphatic carbocycles. The van der Waals surface area contributed by atoms with E-state index in [-0.39, 0.29) is 23.8 Å². The van der Waals surface area contributed by atoms with Crippen LogP contribution in [0.2, 0.25) is 0 Å². The summed E-state index contributed by atoms with van der Waals surface area (Å²) >= 11 is 0. The summed E-state index contributed by atoms with van der Waals surface area (Å²) < 4.78 is 0. The fourth-order valence-corrected chi connectivity index (χ4v) is 3.72. The lowest BCUT2D eigenvalue weighted by atomic mass is 9.83. The smallest absolute Gasteiger partial charge is 0.245 e. The molecule has 0 bridgehead atoms. The molecule has 0 aromatic heterocycles. The molecule has 2 aliphatic rings. The van der Waals surface area contributed by atoms with E-state index in [1.165, 1.54) is 19.3 Å². The van der Waals surface area contributed by atoms with Crippen LogP contribution in [0.5, 0.6) is 0 Å². The van der Waals surface area contributed by atoms with Crippen LogP contribution in [-0.4, -0.2) is 35.3 Å². The molecule has 4 atom stereocenters. The van der Waals surface area contributed by atoms with Crippen molar-refractivity contribution in [1.29, 1.82) is 0 Å². The predicted octanol–water partition coefficient (Wildman–Crippen LogP) is 2.72. The molecule has 4 heteroatoms. The van der Waals surface area contributed by atoms with Crippen molar-refractivity contribution in [3.8, 4) is 0 Å². The molecule has 1 N–H and O–H groups in total. The molecule has 1 saturated heterocycles. The van der Waals surface area contributed by atoms with Crippen LogP contribution in [0.25, 0.3) is 0 Å². The van der Waals surface area contributed by atoms with Crippen LogP contribution < -0.4 is 5.32 Å². The van der Waals surface area contributed by atoms with E-state index < -0.39 is 0 Å².